The molecule has 0 spiro atoms. The first kappa shape index (κ1) is 18.6. The lowest BCUT2D eigenvalue weighted by Crippen LogP contribution is -2.29. The first-order valence-electron chi connectivity index (χ1n) is 7.96. The number of anilines is 1. The van der Waals surface area contributed by atoms with E-state index in [4.69, 9.17) is 6.42 Å². The van der Waals surface area contributed by atoms with E-state index in [1.807, 2.05) is 0 Å². The van der Waals surface area contributed by atoms with Crippen LogP contribution < -0.4 is 9.62 Å². The summed E-state index contributed by atoms with van der Waals surface area (Å²) >= 11 is 0. The van der Waals surface area contributed by atoms with Crippen molar-refractivity contribution in [2.45, 2.75) is 11.3 Å². The molecular weight excluding hydrogens is 370 g/mol. The monoisotopic (exact) mass is 385 g/mol. The van der Waals surface area contributed by atoms with Gasteiger partial charge < -0.3 is 4.90 Å². The van der Waals surface area contributed by atoms with E-state index < -0.39 is 14.9 Å². The molecule has 3 rings (SSSR count). The summed E-state index contributed by atoms with van der Waals surface area (Å²) in [5.41, 5.74) is 1.55. The highest BCUT2D eigenvalue weighted by molar-refractivity contribution is 7.89. The number of nitro groups is 1. The van der Waals surface area contributed by atoms with Gasteiger partial charge in [-0.15, -0.1) is 6.42 Å². The van der Waals surface area contributed by atoms with Gasteiger partial charge in [0.15, 0.2) is 0 Å². The van der Waals surface area contributed by atoms with Gasteiger partial charge in [-0.25, -0.2) is 8.42 Å². The quantitative estimate of drug-likeness (QED) is 0.479. The lowest BCUT2D eigenvalue weighted by molar-refractivity contribution is -0.384. The molecule has 1 heterocycles. The van der Waals surface area contributed by atoms with Crippen molar-refractivity contribution in [2.75, 3.05) is 18.0 Å². The van der Waals surface area contributed by atoms with E-state index in [0.717, 1.165) is 5.56 Å². The number of carbonyl (C=O) groups excluding carboxylic acids is 1. The first-order chi connectivity index (χ1) is 12.8. The fourth-order valence-corrected chi connectivity index (χ4v) is 3.78. The Hall–Kier alpha value is -3.22. The van der Waals surface area contributed by atoms with E-state index in [2.05, 4.69) is 10.6 Å². The summed E-state index contributed by atoms with van der Waals surface area (Å²) in [6.07, 6.45) is 5.65. The molecule has 0 aromatic heterocycles. The molecule has 138 valence electrons. The molecule has 2 aromatic carbocycles. The second kappa shape index (κ2) is 7.19. The molecule has 0 unspecified atom stereocenters. The highest BCUT2D eigenvalue weighted by Crippen LogP contribution is 2.32. The number of rotatable bonds is 5. The van der Waals surface area contributed by atoms with Crippen molar-refractivity contribution in [3.63, 3.8) is 0 Å². The van der Waals surface area contributed by atoms with Crippen LogP contribution in [0.2, 0.25) is 0 Å². The highest BCUT2D eigenvalue weighted by atomic mass is 32.2. The van der Waals surface area contributed by atoms with Crippen LogP contribution in [0, 0.1) is 22.5 Å². The van der Waals surface area contributed by atoms with Gasteiger partial charge in [-0.05, 0) is 36.2 Å². The smallest absolute Gasteiger partial charge is 0.271 e. The molecule has 27 heavy (non-hydrogen) atoms. The van der Waals surface area contributed by atoms with Crippen LogP contribution in [0.5, 0.6) is 0 Å². The third-order valence-corrected chi connectivity index (χ3v) is 5.61. The van der Waals surface area contributed by atoms with E-state index in [1.54, 1.807) is 6.07 Å². The maximum atomic E-state index is 12.8. The standard InChI is InChI=1S/C18H15N3O5S/c1-2-10-19-27(25,26)16-7-4-14(5-8-16)18(22)20-11-9-13-3-6-15(21(23)24)12-17(13)20/h1,3-8,12,19H,9-11H2. The number of hydrogen-bond donors (Lipinski definition) is 1. The van der Waals surface area contributed by atoms with Crippen LogP contribution in [0.3, 0.4) is 0 Å². The van der Waals surface area contributed by atoms with Gasteiger partial charge >= 0.3 is 0 Å². The molecule has 0 radical (unpaired) electrons. The van der Waals surface area contributed by atoms with Crippen molar-refractivity contribution in [2.24, 2.45) is 0 Å². The molecule has 0 aliphatic carbocycles. The Morgan fingerprint density at radius 2 is 1.96 bits per heavy atom. The Morgan fingerprint density at radius 3 is 2.59 bits per heavy atom. The van der Waals surface area contributed by atoms with Crippen molar-refractivity contribution in [1.82, 2.24) is 4.72 Å². The average molecular weight is 385 g/mol. The number of fused-ring (bicyclic) bond motifs is 1. The molecule has 1 amide bonds. The number of carbonyl (C=O) groups is 1. The fraction of sp³-hybridized carbons (Fsp3) is 0.167. The lowest BCUT2D eigenvalue weighted by atomic mass is 10.1. The minimum atomic E-state index is -3.74. The Labute approximate surface area is 156 Å². The molecule has 0 bridgehead atoms. The van der Waals surface area contributed by atoms with E-state index >= 15 is 0 Å². The van der Waals surface area contributed by atoms with Gasteiger partial charge in [0, 0.05) is 24.2 Å². The lowest BCUT2D eigenvalue weighted by Gasteiger charge is -2.17. The molecule has 0 saturated carbocycles. The van der Waals surface area contributed by atoms with Gasteiger partial charge in [-0.3, -0.25) is 14.9 Å². The van der Waals surface area contributed by atoms with Crippen molar-refractivity contribution in [3.05, 3.63) is 63.7 Å². The van der Waals surface area contributed by atoms with Gasteiger partial charge in [-0.1, -0.05) is 12.0 Å². The number of hydrogen-bond acceptors (Lipinski definition) is 5. The second-order valence-electron chi connectivity index (χ2n) is 5.83. The Balaban J connectivity index is 1.86. The molecule has 8 nitrogen and oxygen atoms in total. The minimum Gasteiger partial charge on any atom is -0.308 e. The van der Waals surface area contributed by atoms with Crippen molar-refractivity contribution in [3.8, 4) is 12.3 Å². The summed E-state index contributed by atoms with van der Waals surface area (Å²) in [5.74, 6) is 1.83. The maximum absolute atomic E-state index is 12.8. The zero-order valence-electron chi connectivity index (χ0n) is 14.1. The molecule has 0 fully saturated rings. The summed E-state index contributed by atoms with van der Waals surface area (Å²) in [4.78, 5) is 24.7. The molecule has 1 aliphatic heterocycles. The number of non-ortho nitro benzene ring substituents is 1. The number of terminal acetylenes is 1. The van der Waals surface area contributed by atoms with Crippen LogP contribution in [-0.4, -0.2) is 32.3 Å². The predicted octanol–water partition coefficient (Wildman–Crippen LogP) is 1.71. The number of benzene rings is 2. The van der Waals surface area contributed by atoms with Gasteiger partial charge in [0.05, 0.1) is 22.1 Å². The summed E-state index contributed by atoms with van der Waals surface area (Å²) in [5, 5.41) is 11.0. The zero-order chi connectivity index (χ0) is 19.6. The molecule has 1 aliphatic rings. The molecule has 2 aromatic rings. The van der Waals surface area contributed by atoms with Crippen LogP contribution in [-0.2, 0) is 16.4 Å². The minimum absolute atomic E-state index is 0.00763. The number of nitro benzene ring substituents is 1. The van der Waals surface area contributed by atoms with Gasteiger partial charge in [0.1, 0.15) is 0 Å². The number of nitrogens with one attached hydrogen (secondary N) is 1. The third kappa shape index (κ3) is 3.67. The summed E-state index contributed by atoms with van der Waals surface area (Å²) in [6, 6.07) is 9.88. The Bertz CT molecular complexity index is 1060. The number of amides is 1. The van der Waals surface area contributed by atoms with E-state index in [9.17, 15) is 23.3 Å². The van der Waals surface area contributed by atoms with Gasteiger partial charge in [0.25, 0.3) is 11.6 Å². The molecule has 0 saturated heterocycles. The summed E-state index contributed by atoms with van der Waals surface area (Å²) in [6.45, 7) is 0.269. The zero-order valence-corrected chi connectivity index (χ0v) is 14.9. The van der Waals surface area contributed by atoms with E-state index in [-0.39, 0.29) is 28.6 Å². The van der Waals surface area contributed by atoms with Crippen LogP contribution in [0.4, 0.5) is 11.4 Å². The van der Waals surface area contributed by atoms with Crippen molar-refractivity contribution >= 4 is 27.3 Å². The average Bonchev–Trinajstić information content (AvgIpc) is 3.09. The number of sulfonamides is 1. The van der Waals surface area contributed by atoms with Crippen molar-refractivity contribution in [1.29, 1.82) is 0 Å². The second-order valence-corrected chi connectivity index (χ2v) is 7.60. The Morgan fingerprint density at radius 1 is 1.26 bits per heavy atom. The van der Waals surface area contributed by atoms with Crippen LogP contribution in [0.15, 0.2) is 47.4 Å². The normalized spacial score (nSPS) is 13.1. The SMILES string of the molecule is C#CCNS(=O)(=O)c1ccc(C(=O)N2CCc3ccc([N+](=O)[O-])cc32)cc1. The third-order valence-electron chi connectivity index (χ3n) is 4.20. The van der Waals surface area contributed by atoms with Crippen molar-refractivity contribution < 1.29 is 18.1 Å². The van der Waals surface area contributed by atoms with Crippen LogP contribution in [0.1, 0.15) is 15.9 Å². The summed E-state index contributed by atoms with van der Waals surface area (Å²) < 4.78 is 26.3. The van der Waals surface area contributed by atoms with Gasteiger partial charge in [-0.2, -0.15) is 4.72 Å². The van der Waals surface area contributed by atoms with Crippen LogP contribution >= 0.6 is 0 Å². The number of nitrogens with zero attached hydrogens (tertiary/aromatic N) is 2. The molecule has 1 N–H and O–H groups in total. The predicted molar refractivity (Wildman–Crippen MR) is 98.9 cm³/mol. The maximum Gasteiger partial charge on any atom is 0.271 e. The highest BCUT2D eigenvalue weighted by Gasteiger charge is 2.27. The molecular formula is C18H15N3O5S. The van der Waals surface area contributed by atoms with Gasteiger partial charge in [0.2, 0.25) is 10.0 Å². The molecule has 9 heteroatoms. The van der Waals surface area contributed by atoms with E-state index in [0.29, 0.717) is 18.7 Å². The largest absolute Gasteiger partial charge is 0.308 e. The Kier molecular flexibility index (Phi) is 4.94. The van der Waals surface area contributed by atoms with Crippen LogP contribution in [0.25, 0.3) is 0 Å². The summed E-state index contributed by atoms with van der Waals surface area (Å²) in [7, 11) is -3.74. The molecule has 0 atom stereocenters. The first-order valence-corrected chi connectivity index (χ1v) is 9.44. The fourth-order valence-electron chi connectivity index (χ4n) is 2.84. The van der Waals surface area contributed by atoms with E-state index in [1.165, 1.54) is 41.3 Å². The topological polar surface area (TPSA) is 110 Å².